The third-order valence-electron chi connectivity index (χ3n) is 4.21. The highest BCUT2D eigenvalue weighted by atomic mass is 19.4. The van der Waals surface area contributed by atoms with Crippen LogP contribution in [0.3, 0.4) is 0 Å². The summed E-state index contributed by atoms with van der Waals surface area (Å²) < 4.78 is 45.6. The molecule has 0 aromatic carbocycles. The number of anilines is 1. The number of nitrogens with zero attached hydrogens (tertiary/aromatic N) is 5. The number of pyridine rings is 1. The highest BCUT2D eigenvalue weighted by Gasteiger charge is 2.38. The molecule has 3 aromatic heterocycles. The zero-order chi connectivity index (χ0) is 18.1. The number of ether oxygens (including phenoxy) is 1. The third kappa shape index (κ3) is 3.19. The fraction of sp³-hybridized carbons (Fsp3) is 0.375. The summed E-state index contributed by atoms with van der Waals surface area (Å²) in [4.78, 5) is 4.00. The Bertz CT molecular complexity index is 898. The minimum Gasteiger partial charge on any atom is -0.371 e. The number of hydrogen-bond donors (Lipinski definition) is 1. The Balaban J connectivity index is 1.63. The quantitative estimate of drug-likeness (QED) is 0.770. The fourth-order valence-electron chi connectivity index (χ4n) is 3.04. The SMILES string of the molecule is FC(F)(F)c1nnc2ccc(N[C@H]3CCCO[C@@H]3c3ccncc3)nn12. The van der Waals surface area contributed by atoms with Gasteiger partial charge in [0, 0.05) is 19.0 Å². The predicted octanol–water partition coefficient (Wildman–Crippen LogP) is 2.87. The zero-order valence-corrected chi connectivity index (χ0v) is 13.5. The monoisotopic (exact) mass is 364 g/mol. The van der Waals surface area contributed by atoms with Crippen LogP contribution in [0.25, 0.3) is 5.65 Å². The van der Waals surface area contributed by atoms with Gasteiger partial charge in [0.1, 0.15) is 11.9 Å². The van der Waals surface area contributed by atoms with Crippen molar-refractivity contribution in [2.24, 2.45) is 0 Å². The molecule has 4 rings (SSSR count). The Kier molecular flexibility index (Phi) is 4.19. The molecule has 0 aliphatic carbocycles. The maximum atomic E-state index is 13.0. The van der Waals surface area contributed by atoms with Crippen LogP contribution in [0.5, 0.6) is 0 Å². The van der Waals surface area contributed by atoms with Gasteiger partial charge in [0.2, 0.25) is 0 Å². The number of rotatable bonds is 3. The van der Waals surface area contributed by atoms with E-state index in [9.17, 15) is 13.2 Å². The fourth-order valence-corrected chi connectivity index (χ4v) is 3.04. The van der Waals surface area contributed by atoms with Gasteiger partial charge in [-0.2, -0.15) is 17.7 Å². The molecule has 10 heteroatoms. The van der Waals surface area contributed by atoms with Crippen LogP contribution in [0, 0.1) is 0 Å². The van der Waals surface area contributed by atoms with Gasteiger partial charge in [-0.1, -0.05) is 0 Å². The Labute approximate surface area is 146 Å². The smallest absolute Gasteiger partial charge is 0.371 e. The van der Waals surface area contributed by atoms with Crippen molar-refractivity contribution in [1.29, 1.82) is 0 Å². The van der Waals surface area contributed by atoms with Gasteiger partial charge in [0.25, 0.3) is 5.82 Å². The summed E-state index contributed by atoms with van der Waals surface area (Å²) in [7, 11) is 0. The number of nitrogens with one attached hydrogen (secondary N) is 1. The summed E-state index contributed by atoms with van der Waals surface area (Å²) in [6.45, 7) is 0.626. The van der Waals surface area contributed by atoms with Crippen LogP contribution in [-0.2, 0) is 10.9 Å². The van der Waals surface area contributed by atoms with E-state index in [1.165, 1.54) is 6.07 Å². The second-order valence-corrected chi connectivity index (χ2v) is 5.97. The van der Waals surface area contributed by atoms with Crippen molar-refractivity contribution in [1.82, 2.24) is 24.8 Å². The lowest BCUT2D eigenvalue weighted by atomic mass is 9.96. The van der Waals surface area contributed by atoms with Crippen LogP contribution in [0.4, 0.5) is 19.0 Å². The molecule has 0 bridgehead atoms. The van der Waals surface area contributed by atoms with E-state index < -0.39 is 12.0 Å². The summed E-state index contributed by atoms with van der Waals surface area (Å²) in [6, 6.07) is 6.64. The van der Waals surface area contributed by atoms with E-state index in [1.54, 1.807) is 18.5 Å². The standard InChI is InChI=1S/C16H15F3N6O/c17-16(18,19)15-23-22-13-4-3-12(24-25(13)15)21-11-2-1-9-26-14(11)10-5-7-20-8-6-10/h3-8,11,14H,1-2,9H2,(H,21,24)/t11-,14+/m0/s1. The maximum Gasteiger partial charge on any atom is 0.453 e. The van der Waals surface area contributed by atoms with E-state index in [0.717, 1.165) is 18.4 Å². The molecule has 0 radical (unpaired) electrons. The lowest BCUT2D eigenvalue weighted by molar-refractivity contribution is -0.146. The number of fused-ring (bicyclic) bond motifs is 1. The first-order chi connectivity index (χ1) is 12.5. The minimum atomic E-state index is -4.63. The summed E-state index contributed by atoms with van der Waals surface area (Å²) in [5.74, 6) is -0.848. The molecule has 136 valence electrons. The average Bonchev–Trinajstić information content (AvgIpc) is 3.06. The molecule has 26 heavy (non-hydrogen) atoms. The van der Waals surface area contributed by atoms with Gasteiger partial charge in [-0.3, -0.25) is 4.98 Å². The van der Waals surface area contributed by atoms with E-state index in [4.69, 9.17) is 4.74 Å². The van der Waals surface area contributed by atoms with E-state index >= 15 is 0 Å². The second kappa shape index (κ2) is 6.52. The zero-order valence-electron chi connectivity index (χ0n) is 13.5. The summed E-state index contributed by atoms with van der Waals surface area (Å²) in [5.41, 5.74) is 0.993. The topological polar surface area (TPSA) is 77.2 Å². The van der Waals surface area contributed by atoms with Gasteiger partial charge >= 0.3 is 6.18 Å². The van der Waals surface area contributed by atoms with E-state index in [1.807, 2.05) is 12.1 Å². The van der Waals surface area contributed by atoms with E-state index in [0.29, 0.717) is 16.9 Å². The summed E-state index contributed by atoms with van der Waals surface area (Å²) >= 11 is 0. The molecular formula is C16H15F3N6O. The Morgan fingerprint density at radius 3 is 2.69 bits per heavy atom. The maximum absolute atomic E-state index is 13.0. The first kappa shape index (κ1) is 16.7. The number of aromatic nitrogens is 5. The minimum absolute atomic E-state index is 0.0356. The number of hydrogen-bond acceptors (Lipinski definition) is 6. The lowest BCUT2D eigenvalue weighted by Gasteiger charge is -2.32. The van der Waals surface area contributed by atoms with Crippen molar-refractivity contribution in [3.8, 4) is 0 Å². The molecule has 3 aromatic rings. The van der Waals surface area contributed by atoms with Crippen molar-refractivity contribution < 1.29 is 17.9 Å². The molecular weight excluding hydrogens is 349 g/mol. The Morgan fingerprint density at radius 1 is 1.12 bits per heavy atom. The highest BCUT2D eigenvalue weighted by molar-refractivity contribution is 5.45. The number of alkyl halides is 3. The van der Waals surface area contributed by atoms with Crippen LogP contribution >= 0.6 is 0 Å². The first-order valence-corrected chi connectivity index (χ1v) is 8.10. The molecule has 0 spiro atoms. The largest absolute Gasteiger partial charge is 0.453 e. The number of halogens is 3. The van der Waals surface area contributed by atoms with Crippen LogP contribution in [0.1, 0.15) is 30.3 Å². The van der Waals surface area contributed by atoms with Crippen molar-refractivity contribution in [3.63, 3.8) is 0 Å². The van der Waals surface area contributed by atoms with Crippen LogP contribution in [0.15, 0.2) is 36.7 Å². The third-order valence-corrected chi connectivity index (χ3v) is 4.21. The van der Waals surface area contributed by atoms with E-state index in [-0.39, 0.29) is 17.8 Å². The van der Waals surface area contributed by atoms with Crippen molar-refractivity contribution in [2.75, 3.05) is 11.9 Å². The first-order valence-electron chi connectivity index (χ1n) is 8.10. The molecule has 0 unspecified atom stereocenters. The molecule has 0 amide bonds. The van der Waals surface area contributed by atoms with Crippen molar-refractivity contribution >= 4 is 11.5 Å². The lowest BCUT2D eigenvalue weighted by Crippen LogP contribution is -2.34. The van der Waals surface area contributed by atoms with Crippen LogP contribution in [-0.4, -0.2) is 37.4 Å². The van der Waals surface area contributed by atoms with Gasteiger partial charge in [-0.25, -0.2) is 0 Å². The molecule has 1 saturated heterocycles. The van der Waals surface area contributed by atoms with Crippen LogP contribution < -0.4 is 5.32 Å². The molecule has 1 N–H and O–H groups in total. The van der Waals surface area contributed by atoms with Gasteiger partial charge < -0.3 is 10.1 Å². The summed E-state index contributed by atoms with van der Waals surface area (Å²) in [5, 5.41) is 13.9. The van der Waals surface area contributed by atoms with Crippen molar-refractivity contribution in [3.05, 3.63) is 48.0 Å². The molecule has 7 nitrogen and oxygen atoms in total. The molecule has 1 aliphatic heterocycles. The van der Waals surface area contributed by atoms with Gasteiger partial charge in [-0.05, 0) is 42.7 Å². The van der Waals surface area contributed by atoms with Gasteiger partial charge in [-0.15, -0.1) is 15.3 Å². The molecule has 0 saturated carbocycles. The Hall–Kier alpha value is -2.75. The predicted molar refractivity (Wildman–Crippen MR) is 85.4 cm³/mol. The molecule has 2 atom stereocenters. The second-order valence-electron chi connectivity index (χ2n) is 5.97. The normalized spacial score (nSPS) is 21.0. The summed E-state index contributed by atoms with van der Waals surface area (Å²) in [6.07, 6.45) is 0.164. The highest BCUT2D eigenvalue weighted by Crippen LogP contribution is 2.31. The molecule has 4 heterocycles. The Morgan fingerprint density at radius 2 is 1.92 bits per heavy atom. The van der Waals surface area contributed by atoms with Gasteiger partial charge in [0.15, 0.2) is 5.65 Å². The average molecular weight is 364 g/mol. The molecule has 1 aliphatic rings. The van der Waals surface area contributed by atoms with Crippen molar-refractivity contribution in [2.45, 2.75) is 31.2 Å². The van der Waals surface area contributed by atoms with Gasteiger partial charge in [0.05, 0.1) is 6.04 Å². The van der Waals surface area contributed by atoms with Crippen LogP contribution in [0.2, 0.25) is 0 Å². The molecule has 1 fully saturated rings. The van der Waals surface area contributed by atoms with E-state index in [2.05, 4.69) is 25.6 Å².